The SMILES string of the molecule is CN(C(=O)C(=O)NCc1ccc(F)cc1)c1ccccc1. The summed E-state index contributed by atoms with van der Waals surface area (Å²) < 4.78 is 12.8. The normalized spacial score (nSPS) is 10.0. The number of likely N-dealkylation sites (N-methyl/N-ethyl adjacent to an activating group) is 1. The average molecular weight is 286 g/mol. The van der Waals surface area contributed by atoms with Crippen LogP contribution in [-0.4, -0.2) is 18.9 Å². The summed E-state index contributed by atoms with van der Waals surface area (Å²) in [5.74, 6) is -1.70. The highest BCUT2D eigenvalue weighted by Crippen LogP contribution is 2.11. The maximum atomic E-state index is 12.8. The molecule has 0 aromatic heterocycles. The number of carbonyl (C=O) groups excluding carboxylic acids is 2. The van der Waals surface area contributed by atoms with Crippen molar-refractivity contribution in [3.8, 4) is 0 Å². The molecule has 0 radical (unpaired) electrons. The van der Waals surface area contributed by atoms with Crippen molar-refractivity contribution in [3.63, 3.8) is 0 Å². The molecular weight excluding hydrogens is 271 g/mol. The van der Waals surface area contributed by atoms with Gasteiger partial charge in [-0.05, 0) is 29.8 Å². The molecule has 0 saturated heterocycles. The summed E-state index contributed by atoms with van der Waals surface area (Å²) in [7, 11) is 1.54. The second-order valence-corrected chi connectivity index (χ2v) is 4.51. The summed E-state index contributed by atoms with van der Waals surface area (Å²) in [4.78, 5) is 25.1. The van der Waals surface area contributed by atoms with E-state index in [1.165, 1.54) is 24.1 Å². The van der Waals surface area contributed by atoms with Crippen LogP contribution in [-0.2, 0) is 16.1 Å². The highest BCUT2D eigenvalue weighted by Gasteiger charge is 2.19. The van der Waals surface area contributed by atoms with Gasteiger partial charge in [-0.15, -0.1) is 0 Å². The molecule has 0 bridgehead atoms. The van der Waals surface area contributed by atoms with E-state index in [1.54, 1.807) is 36.4 Å². The maximum absolute atomic E-state index is 12.8. The number of anilines is 1. The lowest BCUT2D eigenvalue weighted by molar-refractivity contribution is -0.137. The fourth-order valence-corrected chi connectivity index (χ4v) is 1.78. The van der Waals surface area contributed by atoms with Crippen LogP contribution >= 0.6 is 0 Å². The molecule has 0 fully saturated rings. The van der Waals surface area contributed by atoms with E-state index in [4.69, 9.17) is 0 Å². The van der Waals surface area contributed by atoms with Crippen molar-refractivity contribution in [2.45, 2.75) is 6.54 Å². The number of para-hydroxylation sites is 1. The van der Waals surface area contributed by atoms with E-state index in [1.807, 2.05) is 6.07 Å². The lowest BCUT2D eigenvalue weighted by atomic mass is 10.2. The first-order valence-corrected chi connectivity index (χ1v) is 6.43. The second-order valence-electron chi connectivity index (χ2n) is 4.51. The van der Waals surface area contributed by atoms with Crippen molar-refractivity contribution in [2.24, 2.45) is 0 Å². The predicted octanol–water partition coefficient (Wildman–Crippen LogP) is 2.10. The van der Waals surface area contributed by atoms with Crippen LogP contribution in [0.25, 0.3) is 0 Å². The molecule has 0 heterocycles. The number of hydrogen-bond donors (Lipinski definition) is 1. The van der Waals surface area contributed by atoms with Gasteiger partial charge in [0.05, 0.1) is 0 Å². The first kappa shape index (κ1) is 14.7. The topological polar surface area (TPSA) is 49.4 Å². The van der Waals surface area contributed by atoms with Crippen LogP contribution in [0, 0.1) is 5.82 Å². The van der Waals surface area contributed by atoms with Crippen LogP contribution in [0.2, 0.25) is 0 Å². The zero-order valence-electron chi connectivity index (χ0n) is 11.5. The molecule has 5 heteroatoms. The minimum Gasteiger partial charge on any atom is -0.344 e. The van der Waals surface area contributed by atoms with Crippen LogP contribution < -0.4 is 10.2 Å². The highest BCUT2D eigenvalue weighted by atomic mass is 19.1. The Morgan fingerprint density at radius 2 is 1.67 bits per heavy atom. The third-order valence-electron chi connectivity index (χ3n) is 3.01. The van der Waals surface area contributed by atoms with Crippen LogP contribution in [0.4, 0.5) is 10.1 Å². The van der Waals surface area contributed by atoms with E-state index in [0.29, 0.717) is 5.69 Å². The molecule has 0 aliphatic carbocycles. The Labute approximate surface area is 122 Å². The molecule has 2 aromatic rings. The zero-order valence-corrected chi connectivity index (χ0v) is 11.5. The van der Waals surface area contributed by atoms with Crippen LogP contribution in [0.1, 0.15) is 5.56 Å². The summed E-state index contributed by atoms with van der Waals surface area (Å²) in [6.45, 7) is 0.174. The van der Waals surface area contributed by atoms with Crippen molar-refractivity contribution in [1.82, 2.24) is 5.32 Å². The molecule has 0 spiro atoms. The van der Waals surface area contributed by atoms with Crippen molar-refractivity contribution >= 4 is 17.5 Å². The fraction of sp³-hybridized carbons (Fsp3) is 0.125. The highest BCUT2D eigenvalue weighted by molar-refractivity contribution is 6.40. The second kappa shape index (κ2) is 6.65. The van der Waals surface area contributed by atoms with Crippen molar-refractivity contribution in [1.29, 1.82) is 0 Å². The number of halogens is 1. The molecule has 0 aliphatic heterocycles. The Morgan fingerprint density at radius 1 is 1.05 bits per heavy atom. The van der Waals surface area contributed by atoms with Crippen LogP contribution in [0.15, 0.2) is 54.6 Å². The van der Waals surface area contributed by atoms with Crippen LogP contribution in [0.5, 0.6) is 0 Å². The number of carbonyl (C=O) groups is 2. The molecule has 0 aliphatic rings. The van der Waals surface area contributed by atoms with E-state index in [2.05, 4.69) is 5.32 Å². The summed E-state index contributed by atoms with van der Waals surface area (Å²) in [6, 6.07) is 14.6. The smallest absolute Gasteiger partial charge is 0.316 e. The molecule has 4 nitrogen and oxygen atoms in total. The molecule has 2 amide bonds. The molecule has 2 rings (SSSR count). The number of nitrogens with zero attached hydrogens (tertiary/aromatic N) is 1. The van der Waals surface area contributed by atoms with Gasteiger partial charge >= 0.3 is 11.8 Å². The van der Waals surface area contributed by atoms with E-state index < -0.39 is 11.8 Å². The van der Waals surface area contributed by atoms with Gasteiger partial charge in [0, 0.05) is 19.3 Å². The summed E-state index contributed by atoms with van der Waals surface area (Å²) in [5, 5.41) is 2.52. The standard InChI is InChI=1S/C16H15FN2O2/c1-19(14-5-3-2-4-6-14)16(21)15(20)18-11-12-7-9-13(17)10-8-12/h2-10H,11H2,1H3,(H,18,20). The fourth-order valence-electron chi connectivity index (χ4n) is 1.78. The lowest BCUT2D eigenvalue weighted by Crippen LogP contribution is -2.40. The summed E-state index contributed by atoms with van der Waals surface area (Å²) >= 11 is 0. The molecule has 2 aromatic carbocycles. The van der Waals surface area contributed by atoms with Gasteiger partial charge in [-0.3, -0.25) is 9.59 Å². The number of hydrogen-bond acceptors (Lipinski definition) is 2. The average Bonchev–Trinajstić information content (AvgIpc) is 2.53. The Hall–Kier alpha value is -2.69. The first-order chi connectivity index (χ1) is 10.1. The maximum Gasteiger partial charge on any atom is 0.316 e. The van der Waals surface area contributed by atoms with Gasteiger partial charge in [-0.2, -0.15) is 0 Å². The first-order valence-electron chi connectivity index (χ1n) is 6.43. The van der Waals surface area contributed by atoms with Gasteiger partial charge < -0.3 is 10.2 Å². The lowest BCUT2D eigenvalue weighted by Gasteiger charge is -2.16. The Bertz CT molecular complexity index is 626. The molecule has 1 N–H and O–H groups in total. The number of nitrogens with one attached hydrogen (secondary N) is 1. The number of amides is 2. The quantitative estimate of drug-likeness (QED) is 0.879. The molecule has 0 atom stereocenters. The van der Waals surface area contributed by atoms with Crippen molar-refractivity contribution in [2.75, 3.05) is 11.9 Å². The van der Waals surface area contributed by atoms with Crippen molar-refractivity contribution < 1.29 is 14.0 Å². The van der Waals surface area contributed by atoms with Gasteiger partial charge in [0.1, 0.15) is 5.82 Å². The predicted molar refractivity (Wildman–Crippen MR) is 78.1 cm³/mol. The molecule has 0 unspecified atom stereocenters. The van der Waals surface area contributed by atoms with Crippen LogP contribution in [0.3, 0.4) is 0 Å². The Balaban J connectivity index is 1.94. The molecule has 21 heavy (non-hydrogen) atoms. The van der Waals surface area contributed by atoms with Gasteiger partial charge in [-0.25, -0.2) is 4.39 Å². The number of rotatable bonds is 3. The molecular formula is C16H15FN2O2. The van der Waals surface area contributed by atoms with E-state index in [9.17, 15) is 14.0 Å². The Morgan fingerprint density at radius 3 is 2.29 bits per heavy atom. The van der Waals surface area contributed by atoms with E-state index in [0.717, 1.165) is 5.56 Å². The van der Waals surface area contributed by atoms with E-state index in [-0.39, 0.29) is 12.4 Å². The largest absolute Gasteiger partial charge is 0.344 e. The monoisotopic (exact) mass is 286 g/mol. The summed E-state index contributed by atoms with van der Waals surface area (Å²) in [6.07, 6.45) is 0. The van der Waals surface area contributed by atoms with Gasteiger partial charge in [0.25, 0.3) is 0 Å². The molecule has 0 saturated carbocycles. The number of benzene rings is 2. The minimum absolute atomic E-state index is 0.174. The minimum atomic E-state index is -0.703. The third kappa shape index (κ3) is 3.89. The summed E-state index contributed by atoms with van der Waals surface area (Å²) in [5.41, 5.74) is 1.36. The van der Waals surface area contributed by atoms with Gasteiger partial charge in [0.15, 0.2) is 0 Å². The van der Waals surface area contributed by atoms with E-state index >= 15 is 0 Å². The van der Waals surface area contributed by atoms with Gasteiger partial charge in [0.2, 0.25) is 0 Å². The van der Waals surface area contributed by atoms with Gasteiger partial charge in [-0.1, -0.05) is 30.3 Å². The Kier molecular flexibility index (Phi) is 4.66. The molecule has 108 valence electrons. The third-order valence-corrected chi connectivity index (χ3v) is 3.01. The zero-order chi connectivity index (χ0) is 15.2. The van der Waals surface area contributed by atoms with Crippen molar-refractivity contribution in [3.05, 3.63) is 66.0 Å².